The third-order valence-corrected chi connectivity index (χ3v) is 9.02. The molecule has 3 aromatic rings. The Hall–Kier alpha value is -3.74. The number of nitrogens with one attached hydrogen (secondary N) is 1. The Morgan fingerprint density at radius 1 is 0.933 bits per heavy atom. The van der Waals surface area contributed by atoms with E-state index in [1.807, 2.05) is 78.9 Å². The average Bonchev–Trinajstić information content (AvgIpc) is 3.32. The lowest BCUT2D eigenvalue weighted by molar-refractivity contribution is -0.268. The van der Waals surface area contributed by atoms with Gasteiger partial charge in [0.25, 0.3) is 5.91 Å². The van der Waals surface area contributed by atoms with E-state index in [2.05, 4.69) is 12.2 Å². The Labute approximate surface area is 266 Å². The molecule has 2 aliphatic heterocycles. The van der Waals surface area contributed by atoms with E-state index in [9.17, 15) is 24.6 Å². The number of imide groups is 1. The molecule has 1 unspecified atom stereocenters. The van der Waals surface area contributed by atoms with Gasteiger partial charge >= 0.3 is 6.09 Å². The maximum absolute atomic E-state index is 13.0. The summed E-state index contributed by atoms with van der Waals surface area (Å²) in [7, 11) is 0. The van der Waals surface area contributed by atoms with Crippen molar-refractivity contribution in [1.82, 2.24) is 10.2 Å². The monoisotopic (exact) mass is 634 g/mol. The predicted molar refractivity (Wildman–Crippen MR) is 168 cm³/mol. The zero-order chi connectivity index (χ0) is 31.8. The lowest BCUT2D eigenvalue weighted by atomic mass is 9.91. The number of alkyl carbamates (subject to hydrolysis) is 1. The molecule has 11 heteroatoms. The summed E-state index contributed by atoms with van der Waals surface area (Å²) in [6.45, 7) is 2.27. The van der Waals surface area contributed by atoms with Gasteiger partial charge in [0.15, 0.2) is 6.29 Å². The first kappa shape index (κ1) is 32.6. The number of hydrogen-bond donors (Lipinski definition) is 3. The first-order valence-electron chi connectivity index (χ1n) is 15.0. The van der Waals surface area contributed by atoms with Crippen molar-refractivity contribution >= 4 is 29.7 Å². The first-order chi connectivity index (χ1) is 21.9. The van der Waals surface area contributed by atoms with Crippen LogP contribution in [0.2, 0.25) is 0 Å². The van der Waals surface area contributed by atoms with Gasteiger partial charge in [0, 0.05) is 23.0 Å². The van der Waals surface area contributed by atoms with Crippen molar-refractivity contribution in [3.8, 4) is 0 Å². The zero-order valence-electron chi connectivity index (χ0n) is 25.0. The van der Waals surface area contributed by atoms with Crippen molar-refractivity contribution in [3.05, 3.63) is 107 Å². The smallest absolute Gasteiger partial charge is 0.408 e. The molecule has 3 amide bonds. The lowest BCUT2D eigenvalue weighted by Crippen LogP contribution is -2.41. The third kappa shape index (κ3) is 8.30. The molecule has 2 fully saturated rings. The zero-order valence-corrected chi connectivity index (χ0v) is 25.9. The molecule has 10 nitrogen and oxygen atoms in total. The standard InChI is InChI=1S/C34H38N2O8S/c1-22-29(21-45-16-15-37)43-33(44-31(22)26-11-9-24(19-38)10-12-26)27-13-7-23(8-14-27)18-36-30(39)17-28(32(36)40)35-34(41)42-20-25-5-3-2-4-6-25/h2-14,22,28-29,31,33,37-38H,15-21H2,1H3,(H,35,41)/t22-,28?,29+,31+,33+/m1/s1. The van der Waals surface area contributed by atoms with Gasteiger partial charge in [-0.3, -0.25) is 14.5 Å². The average molecular weight is 635 g/mol. The number of rotatable bonds is 12. The van der Waals surface area contributed by atoms with Crippen molar-refractivity contribution in [2.75, 3.05) is 18.1 Å². The molecule has 0 spiro atoms. The SMILES string of the molecule is C[C@@H]1[C@H](CSCCO)O[C@H](c2ccc(CN3C(=O)CC(NC(=O)OCc4ccccc4)C3=O)cc2)O[C@@H]1c1ccc(CO)cc1. The Morgan fingerprint density at radius 2 is 1.62 bits per heavy atom. The van der Waals surface area contributed by atoms with Crippen LogP contribution in [0.4, 0.5) is 4.79 Å². The van der Waals surface area contributed by atoms with Gasteiger partial charge in [0.1, 0.15) is 12.6 Å². The number of nitrogens with zero attached hydrogens (tertiary/aromatic N) is 1. The van der Waals surface area contributed by atoms with E-state index in [0.29, 0.717) is 11.5 Å². The molecule has 3 N–H and O–H groups in total. The molecule has 5 atom stereocenters. The largest absolute Gasteiger partial charge is 0.445 e. The Morgan fingerprint density at radius 3 is 2.31 bits per heavy atom. The van der Waals surface area contributed by atoms with Gasteiger partial charge in [-0.15, -0.1) is 0 Å². The molecule has 2 aliphatic rings. The Bertz CT molecular complexity index is 1440. The number of carbonyl (C=O) groups excluding carboxylic acids is 3. The predicted octanol–water partition coefficient (Wildman–Crippen LogP) is 4.25. The number of carbonyl (C=O) groups is 3. The van der Waals surface area contributed by atoms with Crippen LogP contribution in [0.1, 0.15) is 53.6 Å². The molecule has 0 aromatic heterocycles. The number of thioether (sulfide) groups is 1. The maximum atomic E-state index is 13.0. The number of amides is 3. The quantitative estimate of drug-likeness (QED) is 0.197. The highest BCUT2D eigenvalue weighted by Crippen LogP contribution is 2.42. The van der Waals surface area contributed by atoms with E-state index >= 15 is 0 Å². The van der Waals surface area contributed by atoms with Crippen molar-refractivity contribution in [2.24, 2.45) is 5.92 Å². The van der Waals surface area contributed by atoms with E-state index in [1.54, 1.807) is 11.8 Å². The molecular formula is C34H38N2O8S. The molecule has 0 bridgehead atoms. The van der Waals surface area contributed by atoms with Gasteiger partial charge in [0.2, 0.25) is 5.91 Å². The van der Waals surface area contributed by atoms with E-state index in [-0.39, 0.29) is 56.8 Å². The molecule has 0 radical (unpaired) electrons. The third-order valence-electron chi connectivity index (χ3n) is 7.98. The van der Waals surface area contributed by atoms with E-state index in [1.165, 1.54) is 0 Å². The van der Waals surface area contributed by atoms with Crippen LogP contribution >= 0.6 is 11.8 Å². The van der Waals surface area contributed by atoms with Gasteiger partial charge in [-0.25, -0.2) is 4.79 Å². The highest BCUT2D eigenvalue weighted by atomic mass is 32.2. The summed E-state index contributed by atoms with van der Waals surface area (Å²) >= 11 is 1.62. The van der Waals surface area contributed by atoms with Gasteiger partial charge in [-0.1, -0.05) is 85.8 Å². The summed E-state index contributed by atoms with van der Waals surface area (Å²) in [5, 5.41) is 21.2. The molecule has 2 heterocycles. The number of hydrogen-bond acceptors (Lipinski definition) is 9. The number of likely N-dealkylation sites (tertiary alicyclic amines) is 1. The highest BCUT2D eigenvalue weighted by molar-refractivity contribution is 7.99. The number of aliphatic hydroxyl groups excluding tert-OH is 2. The van der Waals surface area contributed by atoms with Crippen LogP contribution in [0.3, 0.4) is 0 Å². The summed E-state index contributed by atoms with van der Waals surface area (Å²) in [5.41, 5.74) is 4.15. The second-order valence-corrected chi connectivity index (χ2v) is 12.3. The summed E-state index contributed by atoms with van der Waals surface area (Å²) in [6, 6.07) is 23.3. The summed E-state index contributed by atoms with van der Waals surface area (Å²) in [5.74, 6) is 0.493. The fraction of sp³-hybridized carbons (Fsp3) is 0.382. The molecule has 238 valence electrons. The molecule has 0 saturated carbocycles. The number of benzene rings is 3. The number of aliphatic hydroxyl groups is 2. The van der Waals surface area contributed by atoms with Gasteiger partial charge in [0.05, 0.1) is 38.4 Å². The van der Waals surface area contributed by atoms with E-state index in [0.717, 1.165) is 32.7 Å². The van der Waals surface area contributed by atoms with Crippen LogP contribution in [0.15, 0.2) is 78.9 Å². The van der Waals surface area contributed by atoms with Crippen molar-refractivity contribution in [1.29, 1.82) is 0 Å². The molecule has 2 saturated heterocycles. The van der Waals surface area contributed by atoms with Gasteiger partial charge in [-0.05, 0) is 22.3 Å². The minimum atomic E-state index is -0.977. The molecule has 0 aliphatic carbocycles. The van der Waals surface area contributed by atoms with Crippen LogP contribution in [0.25, 0.3) is 0 Å². The second kappa shape index (κ2) is 15.5. The van der Waals surface area contributed by atoms with Crippen molar-refractivity contribution in [2.45, 2.75) is 57.6 Å². The van der Waals surface area contributed by atoms with Crippen LogP contribution < -0.4 is 5.32 Å². The molecule has 5 rings (SSSR count). The van der Waals surface area contributed by atoms with Crippen molar-refractivity contribution in [3.63, 3.8) is 0 Å². The maximum Gasteiger partial charge on any atom is 0.408 e. The van der Waals surface area contributed by atoms with Gasteiger partial charge in [-0.2, -0.15) is 11.8 Å². The minimum absolute atomic E-state index is 0.0348. The first-order valence-corrected chi connectivity index (χ1v) is 16.1. The topological polar surface area (TPSA) is 135 Å². The van der Waals surface area contributed by atoms with Gasteiger partial charge < -0.3 is 29.7 Å². The summed E-state index contributed by atoms with van der Waals surface area (Å²) < 4.78 is 18.1. The minimum Gasteiger partial charge on any atom is -0.445 e. The molecule has 45 heavy (non-hydrogen) atoms. The van der Waals surface area contributed by atoms with Crippen LogP contribution in [-0.2, 0) is 43.6 Å². The van der Waals surface area contributed by atoms with Crippen molar-refractivity contribution < 1.29 is 38.8 Å². The van der Waals surface area contributed by atoms with E-state index in [4.69, 9.17) is 14.2 Å². The summed E-state index contributed by atoms with van der Waals surface area (Å²) in [4.78, 5) is 39.1. The fourth-order valence-electron chi connectivity index (χ4n) is 5.41. The lowest BCUT2D eigenvalue weighted by Gasteiger charge is -2.41. The Balaban J connectivity index is 1.21. The van der Waals surface area contributed by atoms with Crippen LogP contribution in [-0.4, -0.2) is 63.3 Å². The Kier molecular flexibility index (Phi) is 11.2. The molecular weight excluding hydrogens is 596 g/mol. The van der Waals surface area contributed by atoms with Crippen LogP contribution in [0.5, 0.6) is 0 Å². The summed E-state index contributed by atoms with van der Waals surface area (Å²) in [6.07, 6.45) is -1.92. The second-order valence-electron chi connectivity index (χ2n) is 11.1. The number of ether oxygens (including phenoxy) is 3. The molecule has 3 aromatic carbocycles. The normalized spacial score (nSPS) is 23.3. The fourth-order valence-corrected chi connectivity index (χ4v) is 6.32. The van der Waals surface area contributed by atoms with Crippen LogP contribution in [0, 0.1) is 5.92 Å². The highest BCUT2D eigenvalue weighted by Gasteiger charge is 2.40. The van der Waals surface area contributed by atoms with E-state index < -0.39 is 24.3 Å².